The van der Waals surface area contributed by atoms with E-state index in [0.717, 1.165) is 34.1 Å². The van der Waals surface area contributed by atoms with E-state index in [1.165, 1.54) is 6.26 Å². The molecular weight excluding hydrogens is 526 g/mol. The first-order valence-electron chi connectivity index (χ1n) is 12.6. The van der Waals surface area contributed by atoms with Gasteiger partial charge in [0.15, 0.2) is 9.84 Å². The molecule has 0 spiro atoms. The summed E-state index contributed by atoms with van der Waals surface area (Å²) in [5, 5.41) is 5.95. The summed E-state index contributed by atoms with van der Waals surface area (Å²) in [7, 11) is 2.33. The van der Waals surface area contributed by atoms with Gasteiger partial charge in [-0.3, -0.25) is 0 Å². The van der Waals surface area contributed by atoms with Gasteiger partial charge in [-0.1, -0.05) is 12.1 Å². The number of aryl methyl sites for hydroxylation is 1. The highest BCUT2D eigenvalue weighted by molar-refractivity contribution is 7.90. The highest BCUT2D eigenvalue weighted by Gasteiger charge is 2.18. The van der Waals surface area contributed by atoms with Crippen LogP contribution in [-0.4, -0.2) is 48.4 Å². The maximum absolute atomic E-state index is 12.0. The summed E-state index contributed by atoms with van der Waals surface area (Å²) in [6, 6.07) is 22.8. The average molecular weight is 558 g/mol. The van der Waals surface area contributed by atoms with Crippen molar-refractivity contribution in [2.24, 2.45) is 7.05 Å². The Hall–Kier alpha value is -4.64. The van der Waals surface area contributed by atoms with E-state index >= 15 is 0 Å². The van der Waals surface area contributed by atoms with Crippen molar-refractivity contribution < 1.29 is 13.2 Å². The Labute approximate surface area is 233 Å². The molecule has 1 atom stereocenters. The van der Waals surface area contributed by atoms with E-state index in [0.29, 0.717) is 23.0 Å². The number of hydrogen-bond donors (Lipinski definition) is 2. The number of rotatable bonds is 9. The van der Waals surface area contributed by atoms with Crippen molar-refractivity contribution in [1.29, 1.82) is 0 Å². The van der Waals surface area contributed by atoms with Crippen LogP contribution in [0.15, 0.2) is 79.0 Å². The molecule has 0 fully saturated rings. The third-order valence-corrected chi connectivity index (χ3v) is 8.39. The lowest BCUT2D eigenvalue weighted by atomic mass is 10.1. The molecule has 11 heteroatoms. The summed E-state index contributed by atoms with van der Waals surface area (Å²) in [5.41, 5.74) is 5.06. The Morgan fingerprint density at radius 3 is 2.45 bits per heavy atom. The molecule has 0 saturated carbocycles. The number of methoxy groups -OCH3 is 1. The van der Waals surface area contributed by atoms with Gasteiger partial charge in [0.25, 0.3) is 0 Å². The highest BCUT2D eigenvalue weighted by Crippen LogP contribution is 2.30. The predicted octanol–water partition coefficient (Wildman–Crippen LogP) is 5.73. The molecule has 2 N–H and O–H groups in total. The van der Waals surface area contributed by atoms with Crippen LogP contribution in [0.2, 0.25) is 0 Å². The van der Waals surface area contributed by atoms with E-state index in [1.807, 2.05) is 84.2 Å². The van der Waals surface area contributed by atoms with Crippen LogP contribution < -0.4 is 20.3 Å². The molecule has 0 aliphatic rings. The molecular formula is C29H31N7O3S. The number of fused-ring (bicyclic) bond motifs is 1. The van der Waals surface area contributed by atoms with Crippen LogP contribution in [0, 0.1) is 0 Å². The fourth-order valence-electron chi connectivity index (χ4n) is 4.29. The van der Waals surface area contributed by atoms with Gasteiger partial charge >= 0.3 is 0 Å². The Morgan fingerprint density at radius 1 is 0.950 bits per heavy atom. The number of aromatic nitrogens is 4. The van der Waals surface area contributed by atoms with Gasteiger partial charge in [0.2, 0.25) is 11.9 Å². The van der Waals surface area contributed by atoms with Gasteiger partial charge in [0.1, 0.15) is 11.6 Å². The second-order valence-corrected chi connectivity index (χ2v) is 11.9. The smallest absolute Gasteiger partial charge is 0.229 e. The normalized spacial score (nSPS) is 12.2. The summed E-state index contributed by atoms with van der Waals surface area (Å²) in [4.78, 5) is 15.8. The SMILES string of the molecule is COc1ccc(Nc2nc3cc(N(C)c4ccnc(Nc5cccc(C(C)S(C)(=O)=O)c5)n4)ccc3n2C)cc1. The summed E-state index contributed by atoms with van der Waals surface area (Å²) in [6.07, 6.45) is 2.92. The number of nitrogens with one attached hydrogen (secondary N) is 2. The van der Waals surface area contributed by atoms with Crippen molar-refractivity contribution in [3.63, 3.8) is 0 Å². The molecule has 3 aromatic carbocycles. The van der Waals surface area contributed by atoms with Gasteiger partial charge in [-0.2, -0.15) is 4.98 Å². The van der Waals surface area contributed by atoms with E-state index in [2.05, 4.69) is 20.6 Å². The van der Waals surface area contributed by atoms with Gasteiger partial charge < -0.3 is 24.8 Å². The van der Waals surface area contributed by atoms with Gasteiger partial charge in [-0.15, -0.1) is 0 Å². The van der Waals surface area contributed by atoms with E-state index < -0.39 is 15.1 Å². The molecule has 206 valence electrons. The molecule has 1 unspecified atom stereocenters. The second-order valence-electron chi connectivity index (χ2n) is 9.54. The Morgan fingerprint density at radius 2 is 1.73 bits per heavy atom. The minimum absolute atomic E-state index is 0.401. The quantitative estimate of drug-likeness (QED) is 0.234. The molecule has 40 heavy (non-hydrogen) atoms. The maximum Gasteiger partial charge on any atom is 0.229 e. The molecule has 0 radical (unpaired) electrons. The number of benzene rings is 3. The fraction of sp³-hybridized carbons (Fsp3) is 0.207. The number of sulfone groups is 1. The first-order chi connectivity index (χ1) is 19.1. The summed E-state index contributed by atoms with van der Waals surface area (Å²) in [6.45, 7) is 1.68. The average Bonchev–Trinajstić information content (AvgIpc) is 3.26. The summed E-state index contributed by atoms with van der Waals surface area (Å²) in [5.74, 6) is 2.60. The van der Waals surface area contributed by atoms with Crippen LogP contribution in [0.3, 0.4) is 0 Å². The number of nitrogens with zero attached hydrogens (tertiary/aromatic N) is 5. The molecule has 0 amide bonds. The Bertz CT molecular complexity index is 1770. The number of anilines is 6. The zero-order valence-corrected chi connectivity index (χ0v) is 23.8. The van der Waals surface area contributed by atoms with Gasteiger partial charge in [-0.25, -0.2) is 18.4 Å². The van der Waals surface area contributed by atoms with Gasteiger partial charge in [-0.05, 0) is 73.2 Å². The molecule has 0 saturated heterocycles. The van der Waals surface area contributed by atoms with E-state index in [-0.39, 0.29) is 0 Å². The second kappa shape index (κ2) is 10.9. The molecule has 0 aliphatic heterocycles. The van der Waals surface area contributed by atoms with Crippen molar-refractivity contribution in [3.05, 3.63) is 84.6 Å². The minimum atomic E-state index is -3.21. The van der Waals surface area contributed by atoms with Crippen LogP contribution in [0.5, 0.6) is 5.75 Å². The largest absolute Gasteiger partial charge is 0.497 e. The predicted molar refractivity (Wildman–Crippen MR) is 160 cm³/mol. The lowest BCUT2D eigenvalue weighted by Crippen LogP contribution is -2.12. The van der Waals surface area contributed by atoms with Crippen molar-refractivity contribution >= 4 is 55.6 Å². The maximum atomic E-state index is 12.0. The topological polar surface area (TPSA) is 114 Å². The van der Waals surface area contributed by atoms with Crippen LogP contribution >= 0.6 is 0 Å². The lowest BCUT2D eigenvalue weighted by Gasteiger charge is -2.19. The zero-order valence-electron chi connectivity index (χ0n) is 23.0. The van der Waals surface area contributed by atoms with Crippen LogP contribution in [0.25, 0.3) is 11.0 Å². The number of hydrogen-bond acceptors (Lipinski definition) is 9. The van der Waals surface area contributed by atoms with Crippen LogP contribution in [0.1, 0.15) is 17.7 Å². The van der Waals surface area contributed by atoms with Gasteiger partial charge in [0, 0.05) is 43.6 Å². The van der Waals surface area contributed by atoms with E-state index in [1.54, 1.807) is 32.4 Å². The standard InChI is InChI=1S/C29H31N7O3S/c1-19(40(5,37)38)20-7-6-8-22(17-20)31-28-30-16-15-27(34-28)35(2)23-11-14-26-25(18-23)33-29(36(26)3)32-21-9-12-24(39-4)13-10-21/h6-19H,1-5H3,(H,32,33)(H,30,31,34). The van der Waals surface area contributed by atoms with Crippen molar-refractivity contribution in [2.45, 2.75) is 12.2 Å². The number of ether oxygens (including phenoxy) is 1. The van der Waals surface area contributed by atoms with E-state index in [4.69, 9.17) is 9.72 Å². The Balaban J connectivity index is 1.36. The van der Waals surface area contributed by atoms with Crippen LogP contribution in [-0.2, 0) is 16.9 Å². The Kier molecular flexibility index (Phi) is 7.31. The van der Waals surface area contributed by atoms with E-state index in [9.17, 15) is 8.42 Å². The molecule has 10 nitrogen and oxygen atoms in total. The highest BCUT2D eigenvalue weighted by atomic mass is 32.2. The van der Waals surface area contributed by atoms with Crippen molar-refractivity contribution in [1.82, 2.24) is 19.5 Å². The van der Waals surface area contributed by atoms with Crippen molar-refractivity contribution in [3.8, 4) is 5.75 Å². The third kappa shape index (κ3) is 5.69. The lowest BCUT2D eigenvalue weighted by molar-refractivity contribution is 0.415. The summed E-state index contributed by atoms with van der Waals surface area (Å²) >= 11 is 0. The third-order valence-electron chi connectivity index (χ3n) is 6.84. The van der Waals surface area contributed by atoms with Gasteiger partial charge in [0.05, 0.1) is 23.4 Å². The molecule has 0 aliphatic carbocycles. The molecule has 5 aromatic rings. The molecule has 0 bridgehead atoms. The van der Waals surface area contributed by atoms with Crippen LogP contribution in [0.4, 0.5) is 34.8 Å². The monoisotopic (exact) mass is 557 g/mol. The zero-order chi connectivity index (χ0) is 28.4. The summed E-state index contributed by atoms with van der Waals surface area (Å²) < 4.78 is 31.2. The molecule has 2 aromatic heterocycles. The van der Waals surface area contributed by atoms with Crippen molar-refractivity contribution in [2.75, 3.05) is 35.9 Å². The molecule has 2 heterocycles. The first kappa shape index (κ1) is 26.9. The fourth-order valence-corrected chi connectivity index (χ4v) is 4.93. The number of imidazole rings is 1. The first-order valence-corrected chi connectivity index (χ1v) is 14.6. The molecule has 5 rings (SSSR count). The minimum Gasteiger partial charge on any atom is -0.497 e.